The molecule has 0 aromatic heterocycles. The van der Waals surface area contributed by atoms with Gasteiger partial charge in [0.25, 0.3) is 0 Å². The highest BCUT2D eigenvalue weighted by atomic mass is 19.1. The maximum Gasteiger partial charge on any atom is 0.352 e. The topological polar surface area (TPSA) is 52.6 Å². The Kier molecular flexibility index (Phi) is 2.38. The number of hydrogen-bond donors (Lipinski definition) is 0. The van der Waals surface area contributed by atoms with Crippen molar-refractivity contribution in [1.29, 1.82) is 0 Å². The lowest BCUT2D eigenvalue weighted by Gasteiger charge is -2.40. The molecule has 0 aromatic rings. The normalized spacial score (nSPS) is 50.2. The third-order valence-electron chi connectivity index (χ3n) is 5.59. The van der Waals surface area contributed by atoms with Crippen molar-refractivity contribution in [3.8, 4) is 0 Å². The van der Waals surface area contributed by atoms with Crippen molar-refractivity contribution >= 4 is 11.9 Å². The molecule has 19 heavy (non-hydrogen) atoms. The van der Waals surface area contributed by atoms with Crippen LogP contribution in [0.1, 0.15) is 20.3 Å². The molecule has 1 aliphatic heterocycles. The van der Waals surface area contributed by atoms with Gasteiger partial charge in [0.1, 0.15) is 6.67 Å². The minimum absolute atomic E-state index is 0.0421. The van der Waals surface area contributed by atoms with Gasteiger partial charge in [0.15, 0.2) is 5.60 Å². The summed E-state index contributed by atoms with van der Waals surface area (Å²) in [6.07, 6.45) is 1.70. The summed E-state index contributed by atoms with van der Waals surface area (Å²) >= 11 is 0. The van der Waals surface area contributed by atoms with Gasteiger partial charge in [-0.1, -0.05) is 20.4 Å². The van der Waals surface area contributed by atoms with Crippen molar-refractivity contribution in [2.24, 2.45) is 23.7 Å². The van der Waals surface area contributed by atoms with Crippen LogP contribution < -0.4 is 0 Å². The van der Waals surface area contributed by atoms with Crippen LogP contribution in [0.4, 0.5) is 4.39 Å². The average molecular weight is 268 g/mol. The number of carbonyl (C=O) groups is 2. The summed E-state index contributed by atoms with van der Waals surface area (Å²) in [5.74, 6) is -1.67. The first-order valence-electron chi connectivity index (χ1n) is 6.59. The predicted molar refractivity (Wildman–Crippen MR) is 63.7 cm³/mol. The van der Waals surface area contributed by atoms with Crippen molar-refractivity contribution in [3.05, 3.63) is 12.7 Å². The second kappa shape index (κ2) is 3.58. The minimum atomic E-state index is -1.31. The Balaban J connectivity index is 2.08. The summed E-state index contributed by atoms with van der Waals surface area (Å²) in [6.45, 7) is 6.42. The number of esters is 2. The Bertz CT molecular complexity index is 476. The SMILES string of the molecule is C=CC(=O)OC12C(=O)OC3(CF)C(C)C(CC31)C2C. The van der Waals surface area contributed by atoms with Gasteiger partial charge in [0.05, 0.1) is 5.92 Å². The number of ether oxygens (including phenoxy) is 2. The Morgan fingerprint density at radius 2 is 2.26 bits per heavy atom. The van der Waals surface area contributed by atoms with E-state index in [0.29, 0.717) is 6.42 Å². The number of rotatable bonds is 3. The van der Waals surface area contributed by atoms with Gasteiger partial charge in [-0.25, -0.2) is 14.0 Å². The molecule has 0 aromatic carbocycles. The van der Waals surface area contributed by atoms with Crippen LogP contribution in [0.2, 0.25) is 0 Å². The lowest BCUT2D eigenvalue weighted by Crippen LogP contribution is -2.55. The zero-order chi connectivity index (χ0) is 14.0. The van der Waals surface area contributed by atoms with Gasteiger partial charge in [-0.2, -0.15) is 0 Å². The van der Waals surface area contributed by atoms with Crippen LogP contribution in [-0.4, -0.2) is 29.8 Å². The fourth-order valence-corrected chi connectivity index (χ4v) is 4.57. The molecular weight excluding hydrogens is 251 g/mol. The second-order valence-corrected chi connectivity index (χ2v) is 5.93. The summed E-state index contributed by atoms with van der Waals surface area (Å²) < 4.78 is 24.3. The first kappa shape index (κ1) is 12.6. The van der Waals surface area contributed by atoms with E-state index in [-0.39, 0.29) is 23.7 Å². The number of fused-ring (bicyclic) bond motifs is 1. The van der Waals surface area contributed by atoms with Crippen LogP contribution in [0, 0.1) is 23.7 Å². The lowest BCUT2D eigenvalue weighted by atomic mass is 9.67. The van der Waals surface area contributed by atoms with E-state index in [1.807, 2.05) is 13.8 Å². The molecule has 1 saturated heterocycles. The van der Waals surface area contributed by atoms with E-state index in [1.165, 1.54) is 0 Å². The average Bonchev–Trinajstić information content (AvgIpc) is 2.91. The van der Waals surface area contributed by atoms with Crippen molar-refractivity contribution < 1.29 is 23.5 Å². The van der Waals surface area contributed by atoms with E-state index in [1.54, 1.807) is 0 Å². The van der Waals surface area contributed by atoms with Gasteiger partial charge >= 0.3 is 11.9 Å². The molecule has 3 aliphatic rings. The summed E-state index contributed by atoms with van der Waals surface area (Å²) in [6, 6.07) is 0. The van der Waals surface area contributed by atoms with Gasteiger partial charge in [0.2, 0.25) is 5.60 Å². The van der Waals surface area contributed by atoms with E-state index < -0.39 is 29.8 Å². The van der Waals surface area contributed by atoms with Crippen molar-refractivity contribution in [2.45, 2.75) is 31.5 Å². The van der Waals surface area contributed by atoms with E-state index in [0.717, 1.165) is 6.08 Å². The molecule has 104 valence electrons. The highest BCUT2D eigenvalue weighted by molar-refractivity contribution is 5.91. The zero-order valence-electron chi connectivity index (χ0n) is 11.0. The van der Waals surface area contributed by atoms with Crippen LogP contribution in [0.5, 0.6) is 0 Å². The molecule has 4 nitrogen and oxygen atoms in total. The third kappa shape index (κ3) is 1.15. The summed E-state index contributed by atoms with van der Waals surface area (Å²) in [5.41, 5.74) is -2.41. The van der Waals surface area contributed by atoms with Gasteiger partial charge in [-0.15, -0.1) is 0 Å². The van der Waals surface area contributed by atoms with Gasteiger partial charge in [-0.05, 0) is 12.3 Å². The first-order chi connectivity index (χ1) is 8.94. The summed E-state index contributed by atoms with van der Waals surface area (Å²) in [4.78, 5) is 23.8. The molecule has 1 heterocycles. The van der Waals surface area contributed by atoms with Crippen molar-refractivity contribution in [2.75, 3.05) is 6.67 Å². The first-order valence-corrected chi connectivity index (χ1v) is 6.59. The number of carbonyl (C=O) groups excluding carboxylic acids is 2. The Hall–Kier alpha value is -1.39. The number of hydrogen-bond acceptors (Lipinski definition) is 4. The van der Waals surface area contributed by atoms with Crippen LogP contribution in [-0.2, 0) is 19.1 Å². The summed E-state index contributed by atoms with van der Waals surface area (Å²) in [7, 11) is 0. The fraction of sp³-hybridized carbons (Fsp3) is 0.714. The molecule has 2 bridgehead atoms. The maximum absolute atomic E-state index is 13.5. The van der Waals surface area contributed by atoms with E-state index >= 15 is 0 Å². The molecule has 3 fully saturated rings. The standard InChI is InChI=1S/C14H17FO4/c1-4-11(16)18-14-8(3)9-5-10(14)13(6-15,7(9)2)19-12(14)17/h4,7-10H,1,5-6H2,2-3H3. The second-order valence-electron chi connectivity index (χ2n) is 5.93. The maximum atomic E-state index is 13.5. The summed E-state index contributed by atoms with van der Waals surface area (Å²) in [5, 5.41) is 0. The predicted octanol–water partition coefficient (Wildman–Crippen LogP) is 1.64. The van der Waals surface area contributed by atoms with Crippen LogP contribution >= 0.6 is 0 Å². The van der Waals surface area contributed by atoms with Crippen LogP contribution in [0.25, 0.3) is 0 Å². The fourth-order valence-electron chi connectivity index (χ4n) is 4.57. The Morgan fingerprint density at radius 3 is 2.79 bits per heavy atom. The molecule has 0 N–H and O–H groups in total. The van der Waals surface area contributed by atoms with Crippen LogP contribution in [0.3, 0.4) is 0 Å². The molecule has 0 radical (unpaired) electrons. The zero-order valence-corrected chi connectivity index (χ0v) is 11.0. The quantitative estimate of drug-likeness (QED) is 0.577. The van der Waals surface area contributed by atoms with Gasteiger partial charge < -0.3 is 9.47 Å². The largest absolute Gasteiger partial charge is 0.453 e. The van der Waals surface area contributed by atoms with Gasteiger partial charge in [-0.3, -0.25) is 0 Å². The number of alkyl halides is 1. The van der Waals surface area contributed by atoms with Gasteiger partial charge in [0, 0.05) is 17.9 Å². The molecule has 6 atom stereocenters. The van der Waals surface area contributed by atoms with Crippen molar-refractivity contribution in [3.63, 3.8) is 0 Å². The molecule has 3 rings (SSSR count). The Labute approximate surface area is 110 Å². The molecular formula is C14H17FO4. The molecule has 0 spiro atoms. The minimum Gasteiger partial charge on any atom is -0.453 e. The van der Waals surface area contributed by atoms with Crippen LogP contribution in [0.15, 0.2) is 12.7 Å². The lowest BCUT2D eigenvalue weighted by molar-refractivity contribution is -0.175. The van der Waals surface area contributed by atoms with E-state index in [9.17, 15) is 14.0 Å². The molecule has 2 saturated carbocycles. The molecule has 6 unspecified atom stereocenters. The Morgan fingerprint density at radius 1 is 1.58 bits per heavy atom. The molecule has 2 aliphatic carbocycles. The number of halogens is 1. The molecule has 0 amide bonds. The van der Waals surface area contributed by atoms with Crippen molar-refractivity contribution in [1.82, 2.24) is 0 Å². The highest BCUT2D eigenvalue weighted by Crippen LogP contribution is 2.68. The van der Waals surface area contributed by atoms with E-state index in [2.05, 4.69) is 6.58 Å². The molecule has 5 heteroatoms. The monoisotopic (exact) mass is 268 g/mol. The highest BCUT2D eigenvalue weighted by Gasteiger charge is 2.81. The van der Waals surface area contributed by atoms with E-state index in [4.69, 9.17) is 9.47 Å². The third-order valence-corrected chi connectivity index (χ3v) is 5.59. The smallest absolute Gasteiger partial charge is 0.352 e.